The van der Waals surface area contributed by atoms with Crippen LogP contribution in [-0.4, -0.2) is 41.8 Å². The van der Waals surface area contributed by atoms with E-state index in [1.54, 1.807) is 17.3 Å². The second-order valence-corrected chi connectivity index (χ2v) is 14.6. The average molecular weight is 575 g/mol. The summed E-state index contributed by atoms with van der Waals surface area (Å²) in [5.74, 6) is 1.63. The zero-order valence-corrected chi connectivity index (χ0v) is 24.3. The minimum atomic E-state index is -3.10. The normalized spacial score (nSPS) is 24.1. The highest BCUT2D eigenvalue weighted by atomic mass is 32.2. The van der Waals surface area contributed by atoms with Gasteiger partial charge in [-0.1, -0.05) is 24.3 Å². The van der Waals surface area contributed by atoms with Crippen LogP contribution >= 0.6 is 0 Å². The summed E-state index contributed by atoms with van der Waals surface area (Å²) in [4.78, 5) is 16.2. The molecule has 0 N–H and O–H groups in total. The van der Waals surface area contributed by atoms with Crippen molar-refractivity contribution in [1.29, 1.82) is 0 Å². The van der Waals surface area contributed by atoms with Crippen LogP contribution < -0.4 is 4.74 Å². The SMILES string of the molecule is CC(=O)[C@H]1[C@@H]2Cc3cc(OCc4cc(-c5ccc(C6CCN(S(=O)(=O)C7CC7)CC6)cc5)c(C)cc4F)ncc3[C@@H]21. The maximum atomic E-state index is 14.9. The number of halogens is 1. The largest absolute Gasteiger partial charge is 0.473 e. The van der Waals surface area contributed by atoms with E-state index in [9.17, 15) is 17.6 Å². The van der Waals surface area contributed by atoms with Gasteiger partial charge in [0.05, 0.1) is 5.25 Å². The Morgan fingerprint density at radius 3 is 2.49 bits per heavy atom. The average Bonchev–Trinajstić information content (AvgIpc) is 3.89. The number of Topliss-reactive ketones (excluding diaryl/α,β-unsaturated/α-hetero) is 1. The van der Waals surface area contributed by atoms with Crippen LogP contribution in [0.1, 0.15) is 72.3 Å². The van der Waals surface area contributed by atoms with Gasteiger partial charge in [0, 0.05) is 36.8 Å². The van der Waals surface area contributed by atoms with Gasteiger partial charge in [-0.05, 0) is 109 Å². The Kier molecular flexibility index (Phi) is 6.54. The fraction of sp³-hybridized carbons (Fsp3) is 0.455. The first kappa shape index (κ1) is 26.8. The van der Waals surface area contributed by atoms with Gasteiger partial charge in [-0.3, -0.25) is 4.79 Å². The fourth-order valence-electron chi connectivity index (χ4n) is 7.15. The van der Waals surface area contributed by atoms with Crippen LogP contribution in [0, 0.1) is 24.6 Å². The van der Waals surface area contributed by atoms with Crippen LogP contribution in [0.5, 0.6) is 5.88 Å². The van der Waals surface area contributed by atoms with Crippen LogP contribution in [0.3, 0.4) is 0 Å². The lowest BCUT2D eigenvalue weighted by Crippen LogP contribution is -2.39. The van der Waals surface area contributed by atoms with E-state index >= 15 is 0 Å². The monoisotopic (exact) mass is 574 g/mol. The molecule has 8 heteroatoms. The van der Waals surface area contributed by atoms with Gasteiger partial charge in [0.1, 0.15) is 18.2 Å². The number of nitrogens with zero attached hydrogens (tertiary/aromatic N) is 2. The first-order valence-corrected chi connectivity index (χ1v) is 16.2. The van der Waals surface area contributed by atoms with Gasteiger partial charge < -0.3 is 4.74 Å². The second-order valence-electron chi connectivity index (χ2n) is 12.3. The summed E-state index contributed by atoms with van der Waals surface area (Å²) in [5.41, 5.74) is 6.85. The quantitative estimate of drug-likeness (QED) is 0.334. The number of ether oxygens (including phenoxy) is 1. The number of sulfonamides is 1. The van der Waals surface area contributed by atoms with Gasteiger partial charge in [-0.25, -0.2) is 22.1 Å². The molecule has 6 nitrogen and oxygen atoms in total. The van der Waals surface area contributed by atoms with Crippen LogP contribution in [-0.2, 0) is 27.8 Å². The summed E-state index contributed by atoms with van der Waals surface area (Å²) < 4.78 is 47.7. The number of carbonyl (C=O) groups is 1. The maximum absolute atomic E-state index is 14.9. The highest BCUT2D eigenvalue weighted by molar-refractivity contribution is 7.90. The molecule has 41 heavy (non-hydrogen) atoms. The summed E-state index contributed by atoms with van der Waals surface area (Å²) >= 11 is 0. The molecule has 0 radical (unpaired) electrons. The molecule has 214 valence electrons. The van der Waals surface area contributed by atoms with E-state index in [2.05, 4.69) is 29.2 Å². The molecule has 1 saturated heterocycles. The van der Waals surface area contributed by atoms with Crippen molar-refractivity contribution in [3.8, 4) is 17.0 Å². The van der Waals surface area contributed by atoms with Crippen LogP contribution in [0.2, 0.25) is 0 Å². The molecule has 4 aliphatic rings. The minimum absolute atomic E-state index is 0.0776. The number of pyridine rings is 1. The number of hydrogen-bond acceptors (Lipinski definition) is 5. The highest BCUT2D eigenvalue weighted by Crippen LogP contribution is 2.61. The Labute approximate surface area is 241 Å². The van der Waals surface area contributed by atoms with Crippen molar-refractivity contribution in [1.82, 2.24) is 9.29 Å². The van der Waals surface area contributed by atoms with Crippen molar-refractivity contribution in [2.45, 2.75) is 69.6 Å². The molecular formula is C33H35FN2O4S. The smallest absolute Gasteiger partial charge is 0.216 e. The number of fused-ring (bicyclic) bond motifs is 3. The summed E-state index contributed by atoms with van der Waals surface area (Å²) in [7, 11) is -3.10. The number of carbonyl (C=O) groups excluding carboxylic acids is 1. The van der Waals surface area contributed by atoms with Crippen LogP contribution in [0.25, 0.3) is 11.1 Å². The van der Waals surface area contributed by atoms with Crippen molar-refractivity contribution in [2.24, 2.45) is 11.8 Å². The predicted octanol–water partition coefficient (Wildman–Crippen LogP) is 5.92. The van der Waals surface area contributed by atoms with Gasteiger partial charge in [0.15, 0.2) is 0 Å². The number of hydrogen-bond donors (Lipinski definition) is 0. The third-order valence-corrected chi connectivity index (χ3v) is 12.1. The van der Waals surface area contributed by atoms with Gasteiger partial charge in [-0.15, -0.1) is 0 Å². The lowest BCUT2D eigenvalue weighted by atomic mass is 9.88. The summed E-state index contributed by atoms with van der Waals surface area (Å²) in [6.45, 7) is 4.83. The van der Waals surface area contributed by atoms with E-state index in [0.717, 1.165) is 54.4 Å². The minimum Gasteiger partial charge on any atom is -0.473 e. The molecule has 1 aromatic heterocycles. The van der Waals surface area contributed by atoms with E-state index in [-0.39, 0.29) is 29.4 Å². The first-order chi connectivity index (χ1) is 19.7. The number of aromatic nitrogens is 1. The topological polar surface area (TPSA) is 76.6 Å². The van der Waals surface area contributed by atoms with Crippen LogP contribution in [0.15, 0.2) is 48.7 Å². The van der Waals surface area contributed by atoms with Crippen molar-refractivity contribution in [3.05, 3.63) is 82.3 Å². The van der Waals surface area contributed by atoms with Crippen molar-refractivity contribution in [2.75, 3.05) is 13.1 Å². The molecule has 3 fully saturated rings. The maximum Gasteiger partial charge on any atom is 0.216 e. The van der Waals surface area contributed by atoms with Crippen molar-refractivity contribution < 1.29 is 22.3 Å². The molecule has 3 atom stereocenters. The molecule has 2 aromatic carbocycles. The summed E-state index contributed by atoms with van der Waals surface area (Å²) in [6.07, 6.45) is 5.97. The number of rotatable bonds is 8. The van der Waals surface area contributed by atoms with E-state index in [1.165, 1.54) is 11.1 Å². The van der Waals surface area contributed by atoms with Crippen molar-refractivity contribution in [3.63, 3.8) is 0 Å². The molecule has 0 amide bonds. The van der Waals surface area contributed by atoms with E-state index in [1.807, 2.05) is 25.3 Å². The lowest BCUT2D eigenvalue weighted by molar-refractivity contribution is -0.118. The number of aryl methyl sites for hydroxylation is 1. The van der Waals surface area contributed by atoms with E-state index < -0.39 is 10.0 Å². The Bertz CT molecular complexity index is 1630. The van der Waals surface area contributed by atoms with Gasteiger partial charge in [0.2, 0.25) is 15.9 Å². The first-order valence-electron chi connectivity index (χ1n) is 14.7. The molecule has 3 aliphatic carbocycles. The van der Waals surface area contributed by atoms with Crippen LogP contribution in [0.4, 0.5) is 4.39 Å². The third kappa shape index (κ3) is 4.89. The van der Waals surface area contributed by atoms with Crippen molar-refractivity contribution >= 4 is 15.8 Å². The standard InChI is InChI=1S/C33H35FN2O4S/c1-19-13-30(34)25(18-40-31-16-24-14-28-32(20(2)37)33(28)29(24)17-35-31)15-27(19)23-5-3-21(4-6-23)22-9-11-36(12-10-22)41(38,39)26-7-8-26/h3-6,13,15-17,22,26,28,32-33H,7-12,14,18H2,1-2H3/t28-,32-,33+/m0/s1. The fourth-order valence-corrected chi connectivity index (χ4v) is 9.02. The zero-order chi connectivity index (χ0) is 28.5. The van der Waals surface area contributed by atoms with Gasteiger partial charge >= 0.3 is 0 Å². The number of benzene rings is 2. The highest BCUT2D eigenvalue weighted by Gasteiger charge is 2.58. The Morgan fingerprint density at radius 2 is 1.80 bits per heavy atom. The molecule has 0 spiro atoms. The molecule has 0 unspecified atom stereocenters. The van der Waals surface area contributed by atoms with Gasteiger partial charge in [0.25, 0.3) is 0 Å². The third-order valence-electron chi connectivity index (χ3n) is 9.67. The summed E-state index contributed by atoms with van der Waals surface area (Å²) in [6, 6.07) is 13.8. The molecular weight excluding hydrogens is 539 g/mol. The second kappa shape index (κ2) is 10.0. The lowest BCUT2D eigenvalue weighted by Gasteiger charge is -2.31. The van der Waals surface area contributed by atoms with E-state index in [0.29, 0.717) is 42.3 Å². The molecule has 0 bridgehead atoms. The molecule has 3 aromatic rings. The summed E-state index contributed by atoms with van der Waals surface area (Å²) in [5, 5.41) is -0.149. The molecule has 2 heterocycles. The Hall–Kier alpha value is -3.10. The number of ketones is 1. The molecule has 2 saturated carbocycles. The predicted molar refractivity (Wildman–Crippen MR) is 155 cm³/mol. The Balaban J connectivity index is 1.01. The molecule has 7 rings (SSSR count). The zero-order valence-electron chi connectivity index (χ0n) is 23.5. The Morgan fingerprint density at radius 1 is 1.07 bits per heavy atom. The number of piperidine rings is 1. The van der Waals surface area contributed by atoms with E-state index in [4.69, 9.17) is 4.74 Å². The van der Waals surface area contributed by atoms with Gasteiger partial charge in [-0.2, -0.15) is 0 Å². The molecule has 1 aliphatic heterocycles.